The van der Waals surface area contributed by atoms with Crippen LogP contribution < -0.4 is 15.4 Å². The fraction of sp³-hybridized carbons (Fsp3) is 0.318. The Balaban J connectivity index is 1.23. The summed E-state index contributed by atoms with van der Waals surface area (Å²) in [4.78, 5) is 21.2. The normalized spacial score (nSPS) is 24.0. The number of thiophene rings is 1. The third-order valence-electron chi connectivity index (χ3n) is 5.59. The first-order chi connectivity index (χ1) is 16.4. The molecule has 0 radical (unpaired) electrons. The Kier molecular flexibility index (Phi) is 6.32. The minimum Gasteiger partial charge on any atom is -0.371 e. The molecule has 3 aromatic rings. The van der Waals surface area contributed by atoms with Crippen LogP contribution in [0, 0.1) is 0 Å². The Labute approximate surface area is 200 Å². The van der Waals surface area contributed by atoms with E-state index in [9.17, 15) is 13.2 Å². The van der Waals surface area contributed by atoms with Crippen molar-refractivity contribution in [1.29, 1.82) is 0 Å². The summed E-state index contributed by atoms with van der Waals surface area (Å²) in [5, 5.41) is 7.88. The van der Waals surface area contributed by atoms with E-state index in [4.69, 9.17) is 9.47 Å². The average Bonchev–Trinajstić information content (AvgIpc) is 3.55. The molecule has 5 rings (SSSR count). The third kappa shape index (κ3) is 4.81. The van der Waals surface area contributed by atoms with Crippen LogP contribution in [0.25, 0.3) is 10.6 Å². The Hall–Kier alpha value is -2.90. The number of aromatic nitrogens is 2. The Morgan fingerprint density at radius 1 is 1.06 bits per heavy atom. The fourth-order valence-electron chi connectivity index (χ4n) is 4.07. The zero-order valence-corrected chi connectivity index (χ0v) is 19.8. The molecule has 0 bridgehead atoms. The minimum atomic E-state index is -3.80. The van der Waals surface area contributed by atoms with Gasteiger partial charge in [-0.25, -0.2) is 23.1 Å². The van der Waals surface area contributed by atoms with Crippen molar-refractivity contribution in [2.45, 2.75) is 36.1 Å². The molecule has 2 saturated heterocycles. The van der Waals surface area contributed by atoms with Crippen LogP contribution in [0.3, 0.4) is 0 Å². The molecule has 34 heavy (non-hydrogen) atoms. The molecule has 0 spiro atoms. The zero-order chi connectivity index (χ0) is 23.7. The second kappa shape index (κ2) is 9.39. The summed E-state index contributed by atoms with van der Waals surface area (Å²) < 4.78 is 40.3. The Bertz CT molecular complexity index is 1270. The zero-order valence-electron chi connectivity index (χ0n) is 18.2. The van der Waals surface area contributed by atoms with Gasteiger partial charge < -0.3 is 20.1 Å². The summed E-state index contributed by atoms with van der Waals surface area (Å²) >= 11 is 1.60. The van der Waals surface area contributed by atoms with Crippen molar-refractivity contribution in [3.8, 4) is 10.6 Å². The van der Waals surface area contributed by atoms with E-state index in [-0.39, 0.29) is 29.6 Å². The molecule has 0 aliphatic carbocycles. The number of hydrogen-bond acceptors (Lipinski definition) is 9. The summed E-state index contributed by atoms with van der Waals surface area (Å²) in [6.07, 6.45) is 0.914. The highest BCUT2D eigenvalue weighted by molar-refractivity contribution is 7.89. The maximum Gasteiger partial charge on any atom is 0.240 e. The van der Waals surface area contributed by atoms with Gasteiger partial charge >= 0.3 is 0 Å². The number of fused-ring (bicyclic) bond motifs is 1. The number of sulfonamides is 1. The minimum absolute atomic E-state index is 0.0940. The maximum absolute atomic E-state index is 12.9. The topological polar surface area (TPSA) is 132 Å². The van der Waals surface area contributed by atoms with Crippen LogP contribution in [-0.4, -0.2) is 61.8 Å². The van der Waals surface area contributed by atoms with Crippen molar-refractivity contribution in [2.24, 2.45) is 0 Å². The van der Waals surface area contributed by atoms with Gasteiger partial charge in [0.05, 0.1) is 40.8 Å². The third-order valence-corrected chi connectivity index (χ3v) is 7.99. The van der Waals surface area contributed by atoms with Gasteiger partial charge in [-0.15, -0.1) is 11.3 Å². The van der Waals surface area contributed by atoms with Crippen LogP contribution in [-0.2, 0) is 24.3 Å². The van der Waals surface area contributed by atoms with Crippen LogP contribution in [0.15, 0.2) is 58.9 Å². The van der Waals surface area contributed by atoms with Crippen LogP contribution in [0.2, 0.25) is 0 Å². The molecule has 12 heteroatoms. The van der Waals surface area contributed by atoms with E-state index in [1.165, 1.54) is 19.1 Å². The quantitative estimate of drug-likeness (QED) is 0.449. The van der Waals surface area contributed by atoms with Crippen LogP contribution in [0.4, 0.5) is 11.6 Å². The van der Waals surface area contributed by atoms with Gasteiger partial charge in [0.1, 0.15) is 12.2 Å². The largest absolute Gasteiger partial charge is 0.371 e. The van der Waals surface area contributed by atoms with Crippen molar-refractivity contribution in [1.82, 2.24) is 14.7 Å². The molecule has 1 amide bonds. The lowest BCUT2D eigenvalue weighted by Gasteiger charge is -2.18. The van der Waals surface area contributed by atoms with E-state index >= 15 is 0 Å². The van der Waals surface area contributed by atoms with E-state index in [0.29, 0.717) is 18.2 Å². The number of anilines is 2. The van der Waals surface area contributed by atoms with Crippen molar-refractivity contribution in [2.75, 3.05) is 23.8 Å². The standard InChI is InChI=1S/C22H23N5O5S2/c1-13(28)24-14-4-6-15(7-5-14)34(29,30)27-18-12-32-20-17(11-31-21(18)20)26-22-23-9-8-16(25-22)19-3-2-10-33-19/h2-10,17-18,20-21,27H,11-12H2,1H3,(H,24,28)(H,23,25,26)/t17-,18+,20-,21+/m0/s1. The van der Waals surface area contributed by atoms with Crippen LogP contribution >= 0.6 is 11.3 Å². The number of nitrogens with zero attached hydrogens (tertiary/aromatic N) is 2. The second-order valence-corrected chi connectivity index (χ2v) is 10.7. The van der Waals surface area contributed by atoms with Gasteiger partial charge in [-0.1, -0.05) is 6.07 Å². The number of benzene rings is 1. The van der Waals surface area contributed by atoms with Gasteiger partial charge in [0.25, 0.3) is 0 Å². The molecule has 0 saturated carbocycles. The Morgan fingerprint density at radius 3 is 2.50 bits per heavy atom. The number of carbonyl (C=O) groups is 1. The van der Waals surface area contributed by atoms with Crippen molar-refractivity contribution >= 4 is 38.9 Å². The molecule has 0 unspecified atom stereocenters. The molecule has 4 atom stereocenters. The monoisotopic (exact) mass is 501 g/mol. The molecular weight excluding hydrogens is 478 g/mol. The number of rotatable bonds is 7. The molecule has 3 N–H and O–H groups in total. The van der Waals surface area contributed by atoms with Gasteiger partial charge in [-0.05, 0) is 41.8 Å². The molecule has 4 heterocycles. The predicted octanol–water partition coefficient (Wildman–Crippen LogP) is 2.09. The summed E-state index contributed by atoms with van der Waals surface area (Å²) in [7, 11) is -3.80. The van der Waals surface area contributed by atoms with Crippen molar-refractivity contribution in [3.63, 3.8) is 0 Å². The Morgan fingerprint density at radius 2 is 1.79 bits per heavy atom. The lowest BCUT2D eigenvalue weighted by Crippen LogP contribution is -2.44. The molecule has 2 aliphatic heterocycles. The SMILES string of the molecule is CC(=O)Nc1ccc(S(=O)(=O)N[C@@H]2CO[C@@H]3[C@@H]2OC[C@@H]3Nc2nccc(-c3cccs3)n2)cc1. The smallest absolute Gasteiger partial charge is 0.240 e. The summed E-state index contributed by atoms with van der Waals surface area (Å²) in [6.45, 7) is 1.91. The first-order valence-corrected chi connectivity index (χ1v) is 13.0. The van der Waals surface area contributed by atoms with Gasteiger partial charge in [0.15, 0.2) is 0 Å². The number of hydrogen-bond donors (Lipinski definition) is 3. The van der Waals surface area contributed by atoms with Crippen LogP contribution in [0.5, 0.6) is 0 Å². The van der Waals surface area contributed by atoms with E-state index in [0.717, 1.165) is 10.6 Å². The summed E-state index contributed by atoms with van der Waals surface area (Å²) in [5.41, 5.74) is 1.35. The summed E-state index contributed by atoms with van der Waals surface area (Å²) in [5.74, 6) is 0.236. The molecule has 2 aliphatic rings. The van der Waals surface area contributed by atoms with Crippen molar-refractivity contribution in [3.05, 3.63) is 54.0 Å². The summed E-state index contributed by atoms with van der Waals surface area (Å²) in [6, 6.07) is 11.0. The van der Waals surface area contributed by atoms with Gasteiger partial charge in [-0.2, -0.15) is 0 Å². The van der Waals surface area contributed by atoms with E-state index in [2.05, 4.69) is 25.3 Å². The first kappa shape index (κ1) is 22.9. The lowest BCUT2D eigenvalue weighted by molar-refractivity contribution is -0.114. The van der Waals surface area contributed by atoms with E-state index < -0.39 is 22.2 Å². The van der Waals surface area contributed by atoms with Crippen molar-refractivity contribution < 1.29 is 22.7 Å². The molecule has 2 fully saturated rings. The van der Waals surface area contributed by atoms with Gasteiger partial charge in [0, 0.05) is 18.8 Å². The first-order valence-electron chi connectivity index (χ1n) is 10.7. The number of ether oxygens (including phenoxy) is 2. The van der Waals surface area contributed by atoms with Gasteiger partial charge in [-0.3, -0.25) is 4.79 Å². The molecule has 1 aromatic carbocycles. The molecule has 10 nitrogen and oxygen atoms in total. The van der Waals surface area contributed by atoms with E-state index in [1.54, 1.807) is 29.7 Å². The average molecular weight is 502 g/mol. The highest BCUT2D eigenvalue weighted by Crippen LogP contribution is 2.30. The predicted molar refractivity (Wildman–Crippen MR) is 127 cm³/mol. The maximum atomic E-state index is 12.9. The number of nitrogens with one attached hydrogen (secondary N) is 3. The fourth-order valence-corrected chi connectivity index (χ4v) is 5.99. The van der Waals surface area contributed by atoms with E-state index in [1.807, 2.05) is 23.6 Å². The molecular formula is C22H23N5O5S2. The number of amides is 1. The molecule has 2 aromatic heterocycles. The van der Waals surface area contributed by atoms with Gasteiger partial charge in [0.2, 0.25) is 21.9 Å². The second-order valence-electron chi connectivity index (χ2n) is 8.02. The highest BCUT2D eigenvalue weighted by atomic mass is 32.2. The van der Waals surface area contributed by atoms with Crippen LogP contribution in [0.1, 0.15) is 6.92 Å². The lowest BCUT2D eigenvalue weighted by atomic mass is 10.1. The highest BCUT2D eigenvalue weighted by Gasteiger charge is 2.49. The molecule has 178 valence electrons. The number of carbonyl (C=O) groups excluding carboxylic acids is 1.